The van der Waals surface area contributed by atoms with Crippen LogP contribution in [-0.2, 0) is 13.0 Å². The largest absolute Gasteiger partial charge is 0.507 e. The molecule has 0 aliphatic carbocycles. The van der Waals surface area contributed by atoms with Gasteiger partial charge in [0.2, 0.25) is 0 Å². The molecule has 1 aromatic heterocycles. The molecular weight excluding hydrogens is 342 g/mol. The number of rotatable bonds is 4. The van der Waals surface area contributed by atoms with Crippen LogP contribution in [0.15, 0.2) is 34.0 Å². The normalized spacial score (nSPS) is 18.1. The number of allylic oxidation sites excluding steroid dienone is 1. The van der Waals surface area contributed by atoms with Crippen LogP contribution in [0.2, 0.25) is 0 Å². The van der Waals surface area contributed by atoms with Crippen molar-refractivity contribution >= 4 is 23.4 Å². The van der Waals surface area contributed by atoms with Crippen molar-refractivity contribution in [2.45, 2.75) is 38.8 Å². The summed E-state index contributed by atoms with van der Waals surface area (Å²) in [6.45, 7) is 7.66. The number of phenolic OH excluding ortho intramolecular Hbond substituents is 1. The fourth-order valence-corrected chi connectivity index (χ4v) is 3.44. The molecule has 3 rings (SSSR count). The van der Waals surface area contributed by atoms with Gasteiger partial charge in [0.05, 0.1) is 6.10 Å². The number of aromatic hydroxyl groups is 1. The molecule has 6 heteroatoms. The van der Waals surface area contributed by atoms with Gasteiger partial charge in [0.15, 0.2) is 0 Å². The van der Waals surface area contributed by atoms with Gasteiger partial charge in [0.1, 0.15) is 11.3 Å². The SMILES string of the molecule is C=CCc1c(O)c(CN2CCCC(O)C2)cc2c(C)cc(=O)oc12.Cl. The standard InChI is InChI=1S/C19H23NO4.ClH/c1-3-5-15-18(23)13(10-20-7-4-6-14(21)11-20)9-16-12(2)8-17(22)24-19(15)16;/h3,8-9,14,21,23H,1,4-7,10-11H2,2H3;1H. The average Bonchev–Trinajstić information content (AvgIpc) is 2.52. The van der Waals surface area contributed by atoms with Crippen LogP contribution in [-0.4, -0.2) is 34.3 Å². The lowest BCUT2D eigenvalue weighted by atomic mass is 9.98. The number of phenols is 1. The molecule has 1 fully saturated rings. The van der Waals surface area contributed by atoms with E-state index in [9.17, 15) is 15.0 Å². The molecule has 25 heavy (non-hydrogen) atoms. The van der Waals surface area contributed by atoms with Crippen molar-refractivity contribution in [3.8, 4) is 5.75 Å². The second-order valence-corrected chi connectivity index (χ2v) is 6.51. The number of likely N-dealkylation sites (tertiary alicyclic amines) is 1. The maximum absolute atomic E-state index is 11.7. The minimum Gasteiger partial charge on any atom is -0.507 e. The van der Waals surface area contributed by atoms with Gasteiger partial charge < -0.3 is 14.6 Å². The van der Waals surface area contributed by atoms with Crippen LogP contribution in [0.4, 0.5) is 0 Å². The van der Waals surface area contributed by atoms with Gasteiger partial charge in [-0.1, -0.05) is 6.08 Å². The van der Waals surface area contributed by atoms with E-state index in [1.807, 2.05) is 13.0 Å². The molecule has 5 nitrogen and oxygen atoms in total. The van der Waals surface area contributed by atoms with E-state index in [4.69, 9.17) is 4.42 Å². The number of aliphatic hydroxyl groups is 1. The number of fused-ring (bicyclic) bond motifs is 1. The molecule has 0 saturated carbocycles. The number of benzene rings is 1. The number of piperidine rings is 1. The van der Waals surface area contributed by atoms with Crippen molar-refractivity contribution in [1.82, 2.24) is 4.90 Å². The summed E-state index contributed by atoms with van der Waals surface area (Å²) in [5.41, 5.74) is 2.21. The van der Waals surface area contributed by atoms with Crippen LogP contribution < -0.4 is 5.63 Å². The van der Waals surface area contributed by atoms with Crippen LogP contribution >= 0.6 is 12.4 Å². The van der Waals surface area contributed by atoms with E-state index in [-0.39, 0.29) is 24.3 Å². The molecule has 1 unspecified atom stereocenters. The van der Waals surface area contributed by atoms with Crippen molar-refractivity contribution in [3.05, 3.63) is 51.9 Å². The predicted molar refractivity (Wildman–Crippen MR) is 101 cm³/mol. The highest BCUT2D eigenvalue weighted by atomic mass is 35.5. The van der Waals surface area contributed by atoms with E-state index in [2.05, 4.69) is 11.5 Å². The van der Waals surface area contributed by atoms with Crippen molar-refractivity contribution in [2.75, 3.05) is 13.1 Å². The molecule has 1 atom stereocenters. The monoisotopic (exact) mass is 365 g/mol. The Hall–Kier alpha value is -1.82. The molecule has 0 amide bonds. The highest BCUT2D eigenvalue weighted by Crippen LogP contribution is 2.34. The Bertz CT molecular complexity index is 830. The van der Waals surface area contributed by atoms with Gasteiger partial charge in [-0.05, 0) is 44.4 Å². The Morgan fingerprint density at radius 3 is 2.88 bits per heavy atom. The first-order chi connectivity index (χ1) is 11.5. The van der Waals surface area contributed by atoms with Crippen LogP contribution in [0.25, 0.3) is 11.0 Å². The van der Waals surface area contributed by atoms with E-state index in [0.717, 1.165) is 35.9 Å². The second-order valence-electron chi connectivity index (χ2n) is 6.51. The molecule has 1 aliphatic heterocycles. The van der Waals surface area contributed by atoms with Crippen molar-refractivity contribution in [2.24, 2.45) is 0 Å². The third-order valence-electron chi connectivity index (χ3n) is 4.61. The molecule has 136 valence electrons. The summed E-state index contributed by atoms with van der Waals surface area (Å²) in [6.07, 6.45) is 3.57. The van der Waals surface area contributed by atoms with E-state index in [1.165, 1.54) is 6.07 Å². The van der Waals surface area contributed by atoms with Crippen molar-refractivity contribution in [1.29, 1.82) is 0 Å². The summed E-state index contributed by atoms with van der Waals surface area (Å²) in [7, 11) is 0. The first-order valence-electron chi connectivity index (χ1n) is 8.29. The van der Waals surface area contributed by atoms with Crippen LogP contribution in [0.1, 0.15) is 29.5 Å². The topological polar surface area (TPSA) is 73.9 Å². The lowest BCUT2D eigenvalue weighted by Crippen LogP contribution is -2.37. The van der Waals surface area contributed by atoms with E-state index in [1.54, 1.807) is 6.08 Å². The molecule has 0 spiro atoms. The van der Waals surface area contributed by atoms with Gasteiger partial charge in [-0.25, -0.2) is 4.79 Å². The molecule has 1 aliphatic rings. The maximum Gasteiger partial charge on any atom is 0.336 e. The molecule has 2 heterocycles. The summed E-state index contributed by atoms with van der Waals surface area (Å²) in [4.78, 5) is 13.8. The van der Waals surface area contributed by atoms with Crippen LogP contribution in [0, 0.1) is 6.92 Å². The third kappa shape index (κ3) is 4.06. The Morgan fingerprint density at radius 2 is 2.20 bits per heavy atom. The van der Waals surface area contributed by atoms with Crippen molar-refractivity contribution in [3.63, 3.8) is 0 Å². The van der Waals surface area contributed by atoms with Crippen LogP contribution in [0.3, 0.4) is 0 Å². The zero-order valence-electron chi connectivity index (χ0n) is 14.3. The van der Waals surface area contributed by atoms with E-state index in [0.29, 0.717) is 30.7 Å². The summed E-state index contributed by atoms with van der Waals surface area (Å²) in [6, 6.07) is 3.35. The van der Waals surface area contributed by atoms with Gasteiger partial charge in [-0.15, -0.1) is 19.0 Å². The van der Waals surface area contributed by atoms with E-state index >= 15 is 0 Å². The van der Waals surface area contributed by atoms with E-state index < -0.39 is 5.63 Å². The van der Waals surface area contributed by atoms with Gasteiger partial charge in [-0.2, -0.15) is 0 Å². The van der Waals surface area contributed by atoms with Crippen LogP contribution in [0.5, 0.6) is 5.75 Å². The molecule has 1 aromatic carbocycles. The van der Waals surface area contributed by atoms with Gasteiger partial charge >= 0.3 is 5.63 Å². The minimum atomic E-state index is -0.420. The number of nitrogens with zero attached hydrogens (tertiary/aromatic N) is 1. The number of β-amino-alcohol motifs (C(OH)–C–C–N with tert-alkyl or cyclic N) is 1. The fraction of sp³-hybridized carbons (Fsp3) is 0.421. The predicted octanol–water partition coefficient (Wildman–Crippen LogP) is 2.91. The average molecular weight is 366 g/mol. The Morgan fingerprint density at radius 1 is 1.44 bits per heavy atom. The quantitative estimate of drug-likeness (QED) is 0.643. The number of halogens is 1. The number of aryl methyl sites for hydroxylation is 1. The molecule has 0 bridgehead atoms. The second kappa shape index (κ2) is 8.04. The molecule has 0 radical (unpaired) electrons. The fourth-order valence-electron chi connectivity index (χ4n) is 3.44. The van der Waals surface area contributed by atoms with Gasteiger partial charge in [0.25, 0.3) is 0 Å². The highest BCUT2D eigenvalue weighted by Gasteiger charge is 2.21. The van der Waals surface area contributed by atoms with Gasteiger partial charge in [0, 0.05) is 35.7 Å². The number of aliphatic hydroxyl groups excluding tert-OH is 1. The lowest BCUT2D eigenvalue weighted by Gasteiger charge is -2.30. The first-order valence-corrected chi connectivity index (χ1v) is 8.29. The smallest absolute Gasteiger partial charge is 0.336 e. The maximum atomic E-state index is 11.7. The molecular formula is C19H24ClNO4. The summed E-state index contributed by atoms with van der Waals surface area (Å²) in [5.74, 6) is 0.149. The summed E-state index contributed by atoms with van der Waals surface area (Å²) >= 11 is 0. The third-order valence-corrected chi connectivity index (χ3v) is 4.61. The zero-order chi connectivity index (χ0) is 17.3. The summed E-state index contributed by atoms with van der Waals surface area (Å²) in [5, 5.41) is 21.4. The Kier molecular flexibility index (Phi) is 6.27. The minimum absolute atomic E-state index is 0. The lowest BCUT2D eigenvalue weighted by molar-refractivity contribution is 0.0664. The first kappa shape index (κ1) is 19.5. The molecule has 2 aromatic rings. The number of hydrogen-bond acceptors (Lipinski definition) is 5. The molecule has 2 N–H and O–H groups in total. The highest BCUT2D eigenvalue weighted by molar-refractivity contribution is 5.86. The molecule has 1 saturated heterocycles. The van der Waals surface area contributed by atoms with Crippen molar-refractivity contribution < 1.29 is 14.6 Å². The Balaban J connectivity index is 0.00000225. The zero-order valence-corrected chi connectivity index (χ0v) is 15.1. The Labute approximate surface area is 153 Å². The summed E-state index contributed by atoms with van der Waals surface area (Å²) < 4.78 is 5.35. The van der Waals surface area contributed by atoms with Gasteiger partial charge in [-0.3, -0.25) is 4.90 Å². The number of hydrogen-bond donors (Lipinski definition) is 2.